The van der Waals surface area contributed by atoms with Gasteiger partial charge < -0.3 is 15.8 Å². The molecule has 0 aliphatic carbocycles. The van der Waals surface area contributed by atoms with Crippen LogP contribution >= 0.6 is 11.3 Å². The number of halogens is 1. The van der Waals surface area contributed by atoms with Gasteiger partial charge in [-0.1, -0.05) is 41.7 Å². The van der Waals surface area contributed by atoms with E-state index in [4.69, 9.17) is 10.5 Å². The van der Waals surface area contributed by atoms with Crippen molar-refractivity contribution >= 4 is 28.2 Å². The van der Waals surface area contributed by atoms with E-state index in [0.717, 1.165) is 10.4 Å². The van der Waals surface area contributed by atoms with Crippen LogP contribution in [0.5, 0.6) is 5.75 Å². The zero-order valence-electron chi connectivity index (χ0n) is 13.7. The van der Waals surface area contributed by atoms with Crippen molar-refractivity contribution in [1.29, 1.82) is 0 Å². The van der Waals surface area contributed by atoms with E-state index in [2.05, 4.69) is 10.3 Å². The first-order chi connectivity index (χ1) is 12.6. The second-order valence-corrected chi connectivity index (χ2v) is 7.08. The number of hydrogen-bond acceptors (Lipinski definition) is 5. The number of carbonyl (C=O) groups excluding carboxylic acids is 1. The van der Waals surface area contributed by atoms with E-state index in [-0.39, 0.29) is 24.2 Å². The summed E-state index contributed by atoms with van der Waals surface area (Å²) >= 11 is 1.37. The number of nitrogens with one attached hydrogen (secondary N) is 1. The van der Waals surface area contributed by atoms with Crippen LogP contribution in [0.4, 0.5) is 15.3 Å². The summed E-state index contributed by atoms with van der Waals surface area (Å²) < 4.78 is 19.5. The SMILES string of the molecule is Nc1nc2c(s1)C(c1cccc(OCc3ccccc3F)c1)CC(=O)N2. The van der Waals surface area contributed by atoms with E-state index in [0.29, 0.717) is 28.7 Å². The summed E-state index contributed by atoms with van der Waals surface area (Å²) in [5.41, 5.74) is 7.23. The highest BCUT2D eigenvalue weighted by atomic mass is 32.1. The highest BCUT2D eigenvalue weighted by molar-refractivity contribution is 7.16. The second kappa shape index (κ2) is 6.76. The quantitative estimate of drug-likeness (QED) is 0.731. The maximum absolute atomic E-state index is 13.7. The predicted molar refractivity (Wildman–Crippen MR) is 98.8 cm³/mol. The van der Waals surface area contributed by atoms with Gasteiger partial charge in [-0.15, -0.1) is 0 Å². The molecule has 0 bridgehead atoms. The standard InChI is InChI=1S/C19H16FN3O2S/c20-15-7-2-1-4-12(15)10-25-13-6-3-5-11(8-13)14-9-16(24)22-18-17(14)26-19(21)23-18/h1-8,14H,9-10H2,(H2,21,23)(H,22,24). The molecule has 132 valence electrons. The third-order valence-corrected chi connectivity index (χ3v) is 5.24. The van der Waals surface area contributed by atoms with Gasteiger partial charge in [0.05, 0.1) is 4.88 Å². The third-order valence-electron chi connectivity index (χ3n) is 4.25. The lowest BCUT2D eigenvalue weighted by atomic mass is 9.91. The van der Waals surface area contributed by atoms with Gasteiger partial charge in [0.15, 0.2) is 5.13 Å². The van der Waals surface area contributed by atoms with E-state index in [1.807, 2.05) is 24.3 Å². The number of aromatic nitrogens is 1. The van der Waals surface area contributed by atoms with Crippen LogP contribution in [0, 0.1) is 5.82 Å². The topological polar surface area (TPSA) is 77.2 Å². The molecule has 1 aromatic heterocycles. The van der Waals surface area contributed by atoms with E-state index < -0.39 is 0 Å². The van der Waals surface area contributed by atoms with Crippen molar-refractivity contribution in [2.45, 2.75) is 18.9 Å². The lowest BCUT2D eigenvalue weighted by Crippen LogP contribution is -2.22. The third kappa shape index (κ3) is 3.25. The van der Waals surface area contributed by atoms with E-state index >= 15 is 0 Å². The molecule has 1 aliphatic heterocycles. The van der Waals surface area contributed by atoms with Gasteiger partial charge in [-0.25, -0.2) is 9.37 Å². The number of hydrogen-bond donors (Lipinski definition) is 2. The van der Waals surface area contributed by atoms with Crippen LogP contribution in [0.15, 0.2) is 48.5 Å². The summed E-state index contributed by atoms with van der Waals surface area (Å²) in [5.74, 6) is 0.649. The Hall–Kier alpha value is -2.93. The molecular weight excluding hydrogens is 353 g/mol. The van der Waals surface area contributed by atoms with Crippen LogP contribution < -0.4 is 15.8 Å². The number of thiazole rings is 1. The Morgan fingerprint density at radius 2 is 2.12 bits per heavy atom. The fraction of sp³-hybridized carbons (Fsp3) is 0.158. The minimum Gasteiger partial charge on any atom is -0.489 e. The Morgan fingerprint density at radius 1 is 1.27 bits per heavy atom. The Bertz CT molecular complexity index is 973. The second-order valence-electron chi connectivity index (χ2n) is 6.02. The van der Waals surface area contributed by atoms with Crippen molar-refractivity contribution in [3.63, 3.8) is 0 Å². The molecular formula is C19H16FN3O2S. The van der Waals surface area contributed by atoms with Crippen molar-refractivity contribution in [3.05, 3.63) is 70.4 Å². The van der Waals surface area contributed by atoms with Crippen LogP contribution in [0.25, 0.3) is 0 Å². The molecule has 3 N–H and O–H groups in total. The zero-order chi connectivity index (χ0) is 18.1. The number of rotatable bonds is 4. The van der Waals surface area contributed by atoms with Gasteiger partial charge in [0.2, 0.25) is 5.91 Å². The van der Waals surface area contributed by atoms with E-state index in [1.165, 1.54) is 17.4 Å². The van der Waals surface area contributed by atoms with Gasteiger partial charge >= 0.3 is 0 Å². The summed E-state index contributed by atoms with van der Waals surface area (Å²) in [4.78, 5) is 17.1. The molecule has 1 amide bonds. The average molecular weight is 369 g/mol. The molecule has 26 heavy (non-hydrogen) atoms. The van der Waals surface area contributed by atoms with Crippen molar-refractivity contribution in [3.8, 4) is 5.75 Å². The molecule has 0 radical (unpaired) electrons. The molecule has 5 nitrogen and oxygen atoms in total. The first kappa shape index (κ1) is 16.5. The predicted octanol–water partition coefficient (Wildman–Crippen LogP) is 3.92. The number of amides is 1. The largest absolute Gasteiger partial charge is 0.489 e. The highest BCUT2D eigenvalue weighted by Crippen LogP contribution is 2.42. The molecule has 0 spiro atoms. The number of fused-ring (bicyclic) bond motifs is 1. The molecule has 1 atom stereocenters. The number of nitrogens with two attached hydrogens (primary N) is 1. The summed E-state index contributed by atoms with van der Waals surface area (Å²) in [7, 11) is 0. The zero-order valence-corrected chi connectivity index (χ0v) is 14.6. The van der Waals surface area contributed by atoms with Gasteiger partial charge in [-0.3, -0.25) is 4.79 Å². The number of nitrogens with zero attached hydrogens (tertiary/aromatic N) is 1. The Morgan fingerprint density at radius 3 is 2.96 bits per heavy atom. The van der Waals surface area contributed by atoms with Crippen LogP contribution in [0.2, 0.25) is 0 Å². The molecule has 3 aromatic rings. The van der Waals surface area contributed by atoms with E-state index in [9.17, 15) is 9.18 Å². The van der Waals surface area contributed by atoms with Gasteiger partial charge in [-0.2, -0.15) is 0 Å². The first-order valence-electron chi connectivity index (χ1n) is 8.12. The lowest BCUT2D eigenvalue weighted by molar-refractivity contribution is -0.116. The molecule has 2 heterocycles. The monoisotopic (exact) mass is 369 g/mol. The fourth-order valence-electron chi connectivity index (χ4n) is 3.00. The minimum absolute atomic E-state index is 0.0921. The summed E-state index contributed by atoms with van der Waals surface area (Å²) in [6.45, 7) is 0.139. The molecule has 0 saturated heterocycles. The van der Waals surface area contributed by atoms with Crippen LogP contribution in [-0.2, 0) is 11.4 Å². The number of benzene rings is 2. The van der Waals surface area contributed by atoms with Gasteiger partial charge in [0.1, 0.15) is 24.0 Å². The number of nitrogen functional groups attached to an aromatic ring is 1. The molecule has 0 saturated carbocycles. The minimum atomic E-state index is -0.294. The summed E-state index contributed by atoms with van der Waals surface area (Å²) in [6, 6.07) is 14.0. The number of anilines is 2. The molecule has 4 rings (SSSR count). The van der Waals surface area contributed by atoms with Crippen molar-refractivity contribution in [1.82, 2.24) is 4.98 Å². The molecule has 1 aliphatic rings. The van der Waals surface area contributed by atoms with Crippen molar-refractivity contribution < 1.29 is 13.9 Å². The van der Waals surface area contributed by atoms with E-state index in [1.54, 1.807) is 18.2 Å². The maximum Gasteiger partial charge on any atom is 0.226 e. The van der Waals surface area contributed by atoms with Gasteiger partial charge in [0, 0.05) is 17.9 Å². The smallest absolute Gasteiger partial charge is 0.226 e. The van der Waals surface area contributed by atoms with Crippen molar-refractivity contribution in [2.24, 2.45) is 0 Å². The maximum atomic E-state index is 13.7. The number of carbonyl (C=O) groups is 1. The summed E-state index contributed by atoms with van der Waals surface area (Å²) in [5, 5.41) is 3.18. The molecule has 1 unspecified atom stereocenters. The summed E-state index contributed by atoms with van der Waals surface area (Å²) in [6.07, 6.45) is 0.325. The molecule has 0 fully saturated rings. The Kier molecular flexibility index (Phi) is 4.30. The van der Waals surface area contributed by atoms with Crippen LogP contribution in [-0.4, -0.2) is 10.9 Å². The van der Waals surface area contributed by atoms with Gasteiger partial charge in [0.25, 0.3) is 0 Å². The van der Waals surface area contributed by atoms with Crippen LogP contribution in [0.3, 0.4) is 0 Å². The Balaban J connectivity index is 1.58. The first-order valence-corrected chi connectivity index (χ1v) is 8.94. The highest BCUT2D eigenvalue weighted by Gasteiger charge is 2.30. The lowest BCUT2D eigenvalue weighted by Gasteiger charge is -2.22. The number of ether oxygens (including phenoxy) is 1. The normalized spacial score (nSPS) is 16.0. The van der Waals surface area contributed by atoms with Crippen LogP contribution in [0.1, 0.15) is 28.3 Å². The fourth-order valence-corrected chi connectivity index (χ4v) is 3.92. The Labute approximate surface area is 153 Å². The molecule has 7 heteroatoms. The van der Waals surface area contributed by atoms with Crippen molar-refractivity contribution in [2.75, 3.05) is 11.1 Å². The average Bonchev–Trinajstić information content (AvgIpc) is 3.00. The van der Waals surface area contributed by atoms with Gasteiger partial charge in [-0.05, 0) is 23.8 Å². The molecule has 2 aromatic carbocycles.